The molecule has 0 fully saturated rings. The second-order valence-corrected chi connectivity index (χ2v) is 8.55. The average molecular weight is 455 g/mol. The molecule has 3 aromatic heterocycles. The fourth-order valence-corrected chi connectivity index (χ4v) is 4.60. The lowest BCUT2D eigenvalue weighted by molar-refractivity contribution is 0.0926. The van der Waals surface area contributed by atoms with Crippen LogP contribution in [0.15, 0.2) is 66.7 Å². The monoisotopic (exact) mass is 455 g/mol. The van der Waals surface area contributed by atoms with Gasteiger partial charge in [-0.3, -0.25) is 9.59 Å². The highest BCUT2D eigenvalue weighted by Gasteiger charge is 2.37. The summed E-state index contributed by atoms with van der Waals surface area (Å²) in [6, 6.07) is 20.4. The molecule has 0 saturated carbocycles. The normalized spacial score (nSPS) is 14.1. The van der Waals surface area contributed by atoms with Gasteiger partial charge in [-0.25, -0.2) is 14.9 Å². The van der Waals surface area contributed by atoms with Crippen molar-refractivity contribution in [3.05, 3.63) is 101 Å². The number of imide groups is 1. The first-order valence-corrected chi connectivity index (χ1v) is 11.2. The Balaban J connectivity index is 1.50. The molecule has 2 amide bonds. The van der Waals surface area contributed by atoms with Crippen molar-refractivity contribution in [2.75, 3.05) is 4.90 Å². The number of H-pyrrole nitrogens is 2. The number of anilines is 1. The van der Waals surface area contributed by atoms with Crippen molar-refractivity contribution in [2.24, 2.45) is 0 Å². The first kappa shape index (κ1) is 19.4. The maximum Gasteiger partial charge on any atom is 0.266 e. The predicted octanol–water partition coefficient (Wildman–Crippen LogP) is 5.46. The standard InChI is InChI=1S/C28H17N5O2/c34-27-23-3-1-2-4-24(23)28(35)33(27)26-15-22-13-20-8-7-18(30-20)11-16-5-6-17(29-16)12-19-9-10-21(31-19)14-25(26)32-22/h1-15,29,32H. The first-order valence-electron chi connectivity index (χ1n) is 11.2. The summed E-state index contributed by atoms with van der Waals surface area (Å²) in [6.45, 7) is 0. The number of rotatable bonds is 1. The topological polar surface area (TPSA) is 94.7 Å². The molecule has 0 radical (unpaired) electrons. The van der Waals surface area contributed by atoms with Crippen LogP contribution in [0.5, 0.6) is 0 Å². The fraction of sp³-hybridized carbons (Fsp3) is 0. The van der Waals surface area contributed by atoms with Crippen molar-refractivity contribution in [3.63, 3.8) is 0 Å². The van der Waals surface area contributed by atoms with E-state index in [-0.39, 0.29) is 11.8 Å². The number of amides is 2. The number of benzene rings is 1. The third-order valence-corrected chi connectivity index (χ3v) is 6.18. The van der Waals surface area contributed by atoms with Gasteiger partial charge >= 0.3 is 0 Å². The second kappa shape index (κ2) is 7.23. The van der Waals surface area contributed by atoms with E-state index in [2.05, 4.69) is 15.0 Å². The lowest BCUT2D eigenvalue weighted by Gasteiger charge is -2.12. The molecule has 0 aliphatic carbocycles. The van der Waals surface area contributed by atoms with Gasteiger partial charge in [-0.2, -0.15) is 0 Å². The molecule has 3 aliphatic rings. The number of aromatic amines is 2. The van der Waals surface area contributed by atoms with Crippen LogP contribution < -0.4 is 4.90 Å². The summed E-state index contributed by atoms with van der Waals surface area (Å²) < 4.78 is 0. The number of hydrogen-bond acceptors (Lipinski definition) is 4. The van der Waals surface area contributed by atoms with Crippen LogP contribution in [0.2, 0.25) is 0 Å². The smallest absolute Gasteiger partial charge is 0.266 e. The minimum Gasteiger partial charge on any atom is -0.355 e. The van der Waals surface area contributed by atoms with Gasteiger partial charge in [-0.05, 0) is 78.9 Å². The van der Waals surface area contributed by atoms with Crippen LogP contribution in [0.3, 0.4) is 0 Å². The van der Waals surface area contributed by atoms with E-state index in [0.717, 1.165) is 33.6 Å². The number of nitrogens with one attached hydrogen (secondary N) is 2. The quantitative estimate of drug-likeness (QED) is 0.322. The van der Waals surface area contributed by atoms with E-state index < -0.39 is 0 Å². The number of nitrogens with zero attached hydrogens (tertiary/aromatic N) is 3. The molecular weight excluding hydrogens is 438 g/mol. The molecule has 8 bridgehead atoms. The molecular formula is C28H17N5O2. The van der Waals surface area contributed by atoms with Crippen molar-refractivity contribution in [1.82, 2.24) is 19.9 Å². The third kappa shape index (κ3) is 3.21. The molecule has 35 heavy (non-hydrogen) atoms. The highest BCUT2D eigenvalue weighted by molar-refractivity contribution is 6.35. The summed E-state index contributed by atoms with van der Waals surface area (Å²) in [4.78, 5) is 43.7. The molecule has 0 saturated heterocycles. The average Bonchev–Trinajstić information content (AvgIpc) is 3.67. The Labute approximate surface area is 199 Å². The zero-order chi connectivity index (χ0) is 23.5. The SMILES string of the molecule is O=C1c2ccccc2C(=O)N1c1cc2cc3nc(cc4ccc(cc5nc(cc1[nH]2)C=C5)[nH]4)C=C3. The van der Waals surface area contributed by atoms with Crippen molar-refractivity contribution >= 4 is 63.9 Å². The van der Waals surface area contributed by atoms with Gasteiger partial charge in [0, 0.05) is 16.6 Å². The second-order valence-electron chi connectivity index (χ2n) is 8.55. The van der Waals surface area contributed by atoms with Crippen molar-refractivity contribution in [2.45, 2.75) is 0 Å². The van der Waals surface area contributed by atoms with Crippen molar-refractivity contribution in [3.8, 4) is 0 Å². The number of hydrogen-bond donors (Lipinski definition) is 2. The molecule has 2 N–H and O–H groups in total. The molecule has 166 valence electrons. The summed E-state index contributed by atoms with van der Waals surface area (Å²) in [7, 11) is 0. The highest BCUT2D eigenvalue weighted by Crippen LogP contribution is 2.33. The highest BCUT2D eigenvalue weighted by atomic mass is 16.2. The Morgan fingerprint density at radius 2 is 1.09 bits per heavy atom. The molecule has 4 aromatic rings. The number of fused-ring (bicyclic) bond motifs is 9. The van der Waals surface area contributed by atoms with Crippen LogP contribution in [-0.2, 0) is 0 Å². The van der Waals surface area contributed by atoms with E-state index >= 15 is 0 Å². The van der Waals surface area contributed by atoms with Gasteiger partial charge in [0.15, 0.2) is 0 Å². The van der Waals surface area contributed by atoms with Crippen LogP contribution in [0.1, 0.15) is 43.5 Å². The first-order chi connectivity index (χ1) is 17.1. The molecule has 0 atom stereocenters. The van der Waals surface area contributed by atoms with Gasteiger partial charge < -0.3 is 9.97 Å². The minimum atomic E-state index is -0.341. The van der Waals surface area contributed by atoms with E-state index in [0.29, 0.717) is 28.0 Å². The van der Waals surface area contributed by atoms with E-state index in [1.807, 2.05) is 60.7 Å². The Morgan fingerprint density at radius 3 is 1.66 bits per heavy atom. The largest absolute Gasteiger partial charge is 0.355 e. The lowest BCUT2D eigenvalue weighted by Crippen LogP contribution is -2.29. The van der Waals surface area contributed by atoms with Crippen molar-refractivity contribution in [1.29, 1.82) is 0 Å². The van der Waals surface area contributed by atoms with E-state index in [9.17, 15) is 9.59 Å². The van der Waals surface area contributed by atoms with Crippen molar-refractivity contribution < 1.29 is 9.59 Å². The van der Waals surface area contributed by atoms with Crippen LogP contribution in [0.25, 0.3) is 46.4 Å². The molecule has 7 heteroatoms. The Hall–Kier alpha value is -5.04. The van der Waals surface area contributed by atoms with Crippen LogP contribution >= 0.6 is 0 Å². The third-order valence-electron chi connectivity index (χ3n) is 6.18. The Bertz CT molecular complexity index is 1770. The molecule has 0 spiro atoms. The maximum atomic E-state index is 13.2. The summed E-state index contributed by atoms with van der Waals surface area (Å²) in [5, 5.41) is 0. The Kier molecular flexibility index (Phi) is 4.01. The lowest BCUT2D eigenvalue weighted by atomic mass is 10.1. The van der Waals surface area contributed by atoms with Gasteiger partial charge in [0.1, 0.15) is 0 Å². The van der Waals surface area contributed by atoms with E-state index in [4.69, 9.17) is 4.98 Å². The van der Waals surface area contributed by atoms with Crippen LogP contribution in [0.4, 0.5) is 5.69 Å². The molecule has 0 unspecified atom stereocenters. The van der Waals surface area contributed by atoms with Gasteiger partial charge in [-0.15, -0.1) is 0 Å². The molecule has 7 rings (SSSR count). The van der Waals surface area contributed by atoms with Crippen LogP contribution in [0, 0.1) is 0 Å². The molecule has 3 aliphatic heterocycles. The zero-order valence-corrected chi connectivity index (χ0v) is 18.3. The number of aromatic nitrogens is 4. The zero-order valence-electron chi connectivity index (χ0n) is 18.3. The summed E-state index contributed by atoms with van der Waals surface area (Å²) in [5.74, 6) is -0.682. The van der Waals surface area contributed by atoms with Gasteiger partial charge in [0.25, 0.3) is 11.8 Å². The summed E-state index contributed by atoms with van der Waals surface area (Å²) in [5.41, 5.74) is 7.59. The minimum absolute atomic E-state index is 0.341. The van der Waals surface area contributed by atoms with Gasteiger partial charge in [0.05, 0.1) is 45.1 Å². The molecule has 6 heterocycles. The number of carbonyl (C=O) groups excluding carboxylic acids is 2. The summed E-state index contributed by atoms with van der Waals surface area (Å²) in [6.07, 6.45) is 7.70. The molecule has 1 aromatic carbocycles. The van der Waals surface area contributed by atoms with E-state index in [1.54, 1.807) is 30.3 Å². The molecule has 7 nitrogen and oxygen atoms in total. The maximum absolute atomic E-state index is 13.2. The summed E-state index contributed by atoms with van der Waals surface area (Å²) >= 11 is 0. The number of carbonyl (C=O) groups is 2. The van der Waals surface area contributed by atoms with Gasteiger partial charge in [-0.1, -0.05) is 12.1 Å². The Morgan fingerprint density at radius 1 is 0.571 bits per heavy atom. The van der Waals surface area contributed by atoms with Crippen LogP contribution in [-0.4, -0.2) is 31.8 Å². The van der Waals surface area contributed by atoms with E-state index in [1.165, 1.54) is 4.90 Å². The predicted molar refractivity (Wildman–Crippen MR) is 136 cm³/mol. The van der Waals surface area contributed by atoms with Gasteiger partial charge in [0.2, 0.25) is 0 Å². The fourth-order valence-electron chi connectivity index (χ4n) is 4.60.